The Kier molecular flexibility index (Phi) is 4.30. The summed E-state index contributed by atoms with van der Waals surface area (Å²) in [5, 5.41) is 11.0. The molecule has 1 aromatic rings. The summed E-state index contributed by atoms with van der Waals surface area (Å²) in [5.74, 6) is -1.34. The SMILES string of the molecule is CC(=O)CC1CCCN1C(=O)c1cc(F)ccc1[N+](=O)[O-]. The number of Topliss-reactive ketones (excluding diaryl/α,β-unsaturated/α-hetero) is 1. The van der Waals surface area contributed by atoms with Crippen molar-refractivity contribution < 1.29 is 18.9 Å². The van der Waals surface area contributed by atoms with Gasteiger partial charge in [-0.2, -0.15) is 0 Å². The predicted molar refractivity (Wildman–Crippen MR) is 72.4 cm³/mol. The van der Waals surface area contributed by atoms with Gasteiger partial charge in [0, 0.05) is 25.1 Å². The molecule has 2 rings (SSSR count). The van der Waals surface area contributed by atoms with Crippen molar-refractivity contribution in [1.82, 2.24) is 4.90 Å². The van der Waals surface area contributed by atoms with E-state index in [1.165, 1.54) is 11.8 Å². The quantitative estimate of drug-likeness (QED) is 0.630. The van der Waals surface area contributed by atoms with Crippen molar-refractivity contribution >= 4 is 17.4 Å². The lowest BCUT2D eigenvalue weighted by molar-refractivity contribution is -0.385. The van der Waals surface area contributed by atoms with Crippen LogP contribution in [0.2, 0.25) is 0 Å². The molecule has 1 amide bonds. The largest absolute Gasteiger partial charge is 0.335 e. The lowest BCUT2D eigenvalue weighted by atomic mass is 10.1. The average molecular weight is 294 g/mol. The summed E-state index contributed by atoms with van der Waals surface area (Å²) in [7, 11) is 0. The Hall–Kier alpha value is -2.31. The van der Waals surface area contributed by atoms with E-state index >= 15 is 0 Å². The van der Waals surface area contributed by atoms with E-state index in [2.05, 4.69) is 0 Å². The van der Waals surface area contributed by atoms with Gasteiger partial charge in [0.25, 0.3) is 11.6 Å². The van der Waals surface area contributed by atoms with Crippen LogP contribution in [0.4, 0.5) is 10.1 Å². The first-order valence-electron chi connectivity index (χ1n) is 6.64. The summed E-state index contributed by atoms with van der Waals surface area (Å²) in [6.07, 6.45) is 1.62. The van der Waals surface area contributed by atoms with E-state index in [1.54, 1.807) is 0 Å². The highest BCUT2D eigenvalue weighted by Crippen LogP contribution is 2.27. The van der Waals surface area contributed by atoms with Crippen LogP contribution in [0, 0.1) is 15.9 Å². The molecule has 0 aromatic heterocycles. The van der Waals surface area contributed by atoms with E-state index in [4.69, 9.17) is 0 Å². The van der Waals surface area contributed by atoms with Crippen molar-refractivity contribution in [3.63, 3.8) is 0 Å². The number of amides is 1. The lowest BCUT2D eigenvalue weighted by Gasteiger charge is -2.23. The first kappa shape index (κ1) is 15.1. The Bertz CT molecular complexity index is 603. The zero-order valence-corrected chi connectivity index (χ0v) is 11.5. The molecule has 6 nitrogen and oxygen atoms in total. The van der Waals surface area contributed by atoms with Gasteiger partial charge in [-0.25, -0.2) is 4.39 Å². The normalized spacial score (nSPS) is 17.8. The standard InChI is InChI=1S/C14H15FN2O4/c1-9(18)7-11-3-2-6-16(11)14(19)12-8-10(15)4-5-13(12)17(20)21/h4-5,8,11H,2-3,6-7H2,1H3. The molecule has 21 heavy (non-hydrogen) atoms. The monoisotopic (exact) mass is 294 g/mol. The van der Waals surface area contributed by atoms with Gasteiger partial charge in [0.1, 0.15) is 17.2 Å². The third-order valence-corrected chi connectivity index (χ3v) is 3.55. The minimum absolute atomic E-state index is 0.0477. The number of hydrogen-bond acceptors (Lipinski definition) is 4. The molecule has 1 saturated heterocycles. The highest BCUT2D eigenvalue weighted by Gasteiger charge is 2.33. The van der Waals surface area contributed by atoms with Crippen molar-refractivity contribution in [1.29, 1.82) is 0 Å². The molecule has 0 N–H and O–H groups in total. The van der Waals surface area contributed by atoms with Gasteiger partial charge in [-0.05, 0) is 31.9 Å². The van der Waals surface area contributed by atoms with Gasteiger partial charge >= 0.3 is 0 Å². The smallest absolute Gasteiger partial charge is 0.282 e. The molecule has 0 saturated carbocycles. The maximum Gasteiger partial charge on any atom is 0.282 e. The van der Waals surface area contributed by atoms with Crippen LogP contribution in [-0.2, 0) is 4.79 Å². The van der Waals surface area contributed by atoms with Gasteiger partial charge in [0.05, 0.1) is 4.92 Å². The van der Waals surface area contributed by atoms with Gasteiger partial charge in [0.15, 0.2) is 0 Å². The van der Waals surface area contributed by atoms with E-state index < -0.39 is 22.3 Å². The summed E-state index contributed by atoms with van der Waals surface area (Å²) in [5.41, 5.74) is -0.690. The molecule has 1 aliphatic heterocycles. The topological polar surface area (TPSA) is 80.5 Å². The molecule has 1 fully saturated rings. The van der Waals surface area contributed by atoms with Crippen LogP contribution >= 0.6 is 0 Å². The zero-order valence-electron chi connectivity index (χ0n) is 11.5. The maximum absolute atomic E-state index is 13.3. The van der Waals surface area contributed by atoms with Crippen LogP contribution in [0.25, 0.3) is 0 Å². The first-order chi connectivity index (χ1) is 9.90. The number of rotatable bonds is 4. The summed E-state index contributed by atoms with van der Waals surface area (Å²) in [6.45, 7) is 1.86. The predicted octanol–water partition coefficient (Wildman–Crippen LogP) is 2.32. The fraction of sp³-hybridized carbons (Fsp3) is 0.429. The Morgan fingerprint density at radius 2 is 2.19 bits per heavy atom. The summed E-state index contributed by atoms with van der Waals surface area (Å²) < 4.78 is 13.3. The van der Waals surface area contributed by atoms with Gasteiger partial charge < -0.3 is 4.90 Å². The number of nitro groups is 1. The number of benzene rings is 1. The molecule has 0 radical (unpaired) electrons. The molecular formula is C14H15FN2O4. The number of likely N-dealkylation sites (tertiary alicyclic amines) is 1. The molecule has 0 aliphatic carbocycles. The number of ketones is 1. The summed E-state index contributed by atoms with van der Waals surface area (Å²) in [6, 6.07) is 2.55. The second kappa shape index (κ2) is 5.99. The molecule has 7 heteroatoms. The van der Waals surface area contributed by atoms with Gasteiger partial charge in [-0.15, -0.1) is 0 Å². The number of halogens is 1. The van der Waals surface area contributed by atoms with E-state index in [9.17, 15) is 24.1 Å². The summed E-state index contributed by atoms with van der Waals surface area (Å²) >= 11 is 0. The first-order valence-corrected chi connectivity index (χ1v) is 6.64. The van der Waals surface area contributed by atoms with Gasteiger partial charge in [-0.1, -0.05) is 0 Å². The van der Waals surface area contributed by atoms with E-state index in [0.717, 1.165) is 24.6 Å². The third kappa shape index (κ3) is 3.24. The van der Waals surface area contributed by atoms with Crippen LogP contribution in [-0.4, -0.2) is 34.1 Å². The number of hydrogen-bond donors (Lipinski definition) is 0. The van der Waals surface area contributed by atoms with Crippen LogP contribution in [0.1, 0.15) is 36.5 Å². The molecule has 112 valence electrons. The number of nitrogens with zero attached hydrogens (tertiary/aromatic N) is 2. The maximum atomic E-state index is 13.3. The average Bonchev–Trinajstić information content (AvgIpc) is 2.84. The Morgan fingerprint density at radius 3 is 2.81 bits per heavy atom. The van der Waals surface area contributed by atoms with Crippen LogP contribution in [0.5, 0.6) is 0 Å². The second-order valence-corrected chi connectivity index (χ2v) is 5.12. The highest BCUT2D eigenvalue weighted by molar-refractivity contribution is 5.98. The highest BCUT2D eigenvalue weighted by atomic mass is 19.1. The van der Waals surface area contributed by atoms with E-state index in [-0.39, 0.29) is 23.8 Å². The zero-order chi connectivity index (χ0) is 15.6. The van der Waals surface area contributed by atoms with Crippen molar-refractivity contribution in [3.8, 4) is 0 Å². The molecular weight excluding hydrogens is 279 g/mol. The lowest BCUT2D eigenvalue weighted by Crippen LogP contribution is -2.36. The molecule has 1 atom stereocenters. The van der Waals surface area contributed by atoms with Crippen molar-refractivity contribution in [2.45, 2.75) is 32.2 Å². The third-order valence-electron chi connectivity index (χ3n) is 3.55. The van der Waals surface area contributed by atoms with Crippen LogP contribution < -0.4 is 0 Å². The fourth-order valence-electron chi connectivity index (χ4n) is 2.64. The summed E-state index contributed by atoms with van der Waals surface area (Å²) in [4.78, 5) is 35.4. The van der Waals surface area contributed by atoms with Crippen molar-refractivity contribution in [2.24, 2.45) is 0 Å². The van der Waals surface area contributed by atoms with E-state index in [1.807, 2.05) is 0 Å². The van der Waals surface area contributed by atoms with E-state index in [0.29, 0.717) is 13.0 Å². The van der Waals surface area contributed by atoms with Crippen LogP contribution in [0.3, 0.4) is 0 Å². The Morgan fingerprint density at radius 1 is 1.48 bits per heavy atom. The van der Waals surface area contributed by atoms with Gasteiger partial charge in [0.2, 0.25) is 0 Å². The van der Waals surface area contributed by atoms with Crippen molar-refractivity contribution in [2.75, 3.05) is 6.54 Å². The number of nitro benzene ring substituents is 1. The number of carbonyl (C=O) groups is 2. The minimum Gasteiger partial charge on any atom is -0.335 e. The Balaban J connectivity index is 2.33. The molecule has 1 aromatic carbocycles. The van der Waals surface area contributed by atoms with Gasteiger partial charge in [-0.3, -0.25) is 19.7 Å². The Labute approximate surface area is 120 Å². The molecule has 1 heterocycles. The fourth-order valence-corrected chi connectivity index (χ4v) is 2.64. The van der Waals surface area contributed by atoms with Crippen molar-refractivity contribution in [3.05, 3.63) is 39.7 Å². The molecule has 1 unspecified atom stereocenters. The second-order valence-electron chi connectivity index (χ2n) is 5.12. The minimum atomic E-state index is -0.706. The number of carbonyl (C=O) groups excluding carboxylic acids is 2. The molecule has 1 aliphatic rings. The molecule has 0 spiro atoms. The molecule has 0 bridgehead atoms. The van der Waals surface area contributed by atoms with Crippen LogP contribution in [0.15, 0.2) is 18.2 Å².